The number of aromatic hydroxyl groups is 1. The average molecular weight is 696 g/mol. The van der Waals surface area contributed by atoms with Crippen LogP contribution in [0.4, 0.5) is 5.69 Å². The molecule has 2 N–H and O–H groups in total. The van der Waals surface area contributed by atoms with Crippen molar-refractivity contribution < 1.29 is 14.6 Å². The molecule has 0 aliphatic carbocycles. The summed E-state index contributed by atoms with van der Waals surface area (Å²) in [6.07, 6.45) is 3.86. The van der Waals surface area contributed by atoms with Crippen molar-refractivity contribution in [3.8, 4) is 11.5 Å². The number of aromatic nitrogens is 2. The Kier molecular flexibility index (Phi) is 8.43. The van der Waals surface area contributed by atoms with Crippen molar-refractivity contribution in [2.45, 2.75) is 19.5 Å². The number of ether oxygens (including phenoxy) is 1. The quantitative estimate of drug-likeness (QED) is 0.190. The molecule has 240 valence electrons. The number of phenols is 1. The van der Waals surface area contributed by atoms with Crippen LogP contribution < -0.4 is 24.9 Å². The second-order valence-electron chi connectivity index (χ2n) is 11.3. The maximum absolute atomic E-state index is 14.4. The van der Waals surface area contributed by atoms with Gasteiger partial charge in [0.15, 0.2) is 16.3 Å². The van der Waals surface area contributed by atoms with Gasteiger partial charge >= 0.3 is 0 Å². The van der Waals surface area contributed by atoms with Crippen molar-refractivity contribution in [2.24, 2.45) is 4.99 Å². The third-order valence-corrected chi connectivity index (χ3v) is 9.85. The van der Waals surface area contributed by atoms with Gasteiger partial charge in [0.25, 0.3) is 11.5 Å². The van der Waals surface area contributed by atoms with Gasteiger partial charge in [-0.25, -0.2) is 4.99 Å². The maximum Gasteiger partial charge on any atom is 0.271 e. The molecule has 0 radical (unpaired) electrons. The van der Waals surface area contributed by atoms with Gasteiger partial charge in [0, 0.05) is 44.9 Å². The van der Waals surface area contributed by atoms with E-state index >= 15 is 0 Å². The van der Waals surface area contributed by atoms with E-state index in [2.05, 4.69) is 9.88 Å². The molecular weight excluding hydrogens is 667 g/mol. The summed E-state index contributed by atoms with van der Waals surface area (Å²) < 4.78 is 9.49. The second kappa shape index (κ2) is 12.8. The fraction of sp³-hybridized carbons (Fsp3) is 0.108. The Bertz CT molecular complexity index is 2450. The molecule has 1 amide bonds. The SMILES string of the molecule is COc1cc([C@H]2C(C(=O)Nc3ccccc3)=C(C)N=c3s/c(=C\c4cn(Cc5ccc(Cl)cc5Cl)c5ccccc45)c(=O)n32)ccc1O. The minimum Gasteiger partial charge on any atom is -0.504 e. The third kappa shape index (κ3) is 5.81. The maximum atomic E-state index is 14.4. The number of para-hydroxylation sites is 2. The van der Waals surface area contributed by atoms with Crippen molar-refractivity contribution in [1.82, 2.24) is 9.13 Å². The highest BCUT2D eigenvalue weighted by Crippen LogP contribution is 2.36. The Morgan fingerprint density at radius 3 is 2.58 bits per heavy atom. The van der Waals surface area contributed by atoms with Crippen LogP contribution in [-0.2, 0) is 11.3 Å². The van der Waals surface area contributed by atoms with Crippen LogP contribution in [0.1, 0.15) is 29.7 Å². The topological polar surface area (TPSA) is 97.9 Å². The van der Waals surface area contributed by atoms with Crippen LogP contribution in [0.5, 0.6) is 11.5 Å². The van der Waals surface area contributed by atoms with Gasteiger partial charge in [0.05, 0.1) is 29.0 Å². The monoisotopic (exact) mass is 694 g/mol. The summed E-state index contributed by atoms with van der Waals surface area (Å²) in [5.74, 6) is -0.223. The highest BCUT2D eigenvalue weighted by molar-refractivity contribution is 7.07. The number of carbonyl (C=O) groups is 1. The molecule has 0 unspecified atom stereocenters. The molecule has 1 atom stereocenters. The number of phenolic OH excluding ortho intramolecular Hbond substituents is 1. The van der Waals surface area contributed by atoms with Gasteiger partial charge in [-0.05, 0) is 66.6 Å². The third-order valence-electron chi connectivity index (χ3n) is 8.28. The molecule has 6 aromatic rings. The normalized spacial score (nSPS) is 14.6. The standard InChI is InChI=1S/C37H28Cl2N4O4S/c1-21-33(35(45)41-26-8-4-3-5-9-26)34(22-13-15-30(44)31(16-22)47-2)43-36(46)32(48-37(43)40-21)17-24-20-42(29-11-7-6-10-27(24)29)19-23-12-14-25(38)18-28(23)39/h3-18,20,34,44H,19H2,1-2H3,(H,41,45)/b32-17-/t34-/m0/s1. The summed E-state index contributed by atoms with van der Waals surface area (Å²) in [7, 11) is 1.45. The zero-order chi connectivity index (χ0) is 33.5. The summed E-state index contributed by atoms with van der Waals surface area (Å²) in [4.78, 5) is 33.5. The number of halogens is 2. The first kappa shape index (κ1) is 31.5. The van der Waals surface area contributed by atoms with Crippen LogP contribution >= 0.6 is 34.5 Å². The van der Waals surface area contributed by atoms with E-state index in [4.69, 9.17) is 32.9 Å². The Morgan fingerprint density at radius 1 is 1.04 bits per heavy atom. The largest absolute Gasteiger partial charge is 0.504 e. The highest BCUT2D eigenvalue weighted by Gasteiger charge is 2.33. The highest BCUT2D eigenvalue weighted by atomic mass is 35.5. The lowest BCUT2D eigenvalue weighted by Crippen LogP contribution is -2.40. The number of hydrogen-bond donors (Lipinski definition) is 2. The molecule has 3 heterocycles. The molecule has 1 aliphatic rings. The van der Waals surface area contributed by atoms with E-state index < -0.39 is 11.9 Å². The van der Waals surface area contributed by atoms with E-state index in [9.17, 15) is 14.7 Å². The summed E-state index contributed by atoms with van der Waals surface area (Å²) in [5, 5.41) is 15.4. The summed E-state index contributed by atoms with van der Waals surface area (Å²) in [5.41, 5.74) is 4.42. The molecule has 0 fully saturated rings. The van der Waals surface area contributed by atoms with Crippen LogP contribution in [-0.4, -0.2) is 27.3 Å². The van der Waals surface area contributed by atoms with Crippen molar-refractivity contribution in [3.05, 3.63) is 155 Å². The minimum atomic E-state index is -0.838. The molecule has 0 spiro atoms. The Hall–Kier alpha value is -5.09. The Balaban J connectivity index is 1.37. The van der Waals surface area contributed by atoms with E-state index in [1.165, 1.54) is 24.5 Å². The number of nitrogens with one attached hydrogen (secondary N) is 1. The number of carbonyl (C=O) groups excluding carboxylic acids is 1. The Labute approximate surface area is 289 Å². The van der Waals surface area contributed by atoms with Gasteiger partial charge in [0.2, 0.25) is 0 Å². The number of thiazole rings is 1. The molecule has 7 rings (SSSR count). The molecule has 4 aromatic carbocycles. The molecular formula is C37H28Cl2N4O4S. The number of methoxy groups -OCH3 is 1. The summed E-state index contributed by atoms with van der Waals surface area (Å²) in [6, 6.07) is 26.5. The lowest BCUT2D eigenvalue weighted by molar-refractivity contribution is -0.113. The van der Waals surface area contributed by atoms with E-state index in [0.29, 0.717) is 48.4 Å². The number of rotatable bonds is 7. The molecule has 2 aromatic heterocycles. The van der Waals surface area contributed by atoms with Crippen LogP contribution in [0.25, 0.3) is 17.0 Å². The number of allylic oxidation sites excluding steroid dienone is 1. The Morgan fingerprint density at radius 2 is 1.81 bits per heavy atom. The first-order valence-corrected chi connectivity index (χ1v) is 16.6. The van der Waals surface area contributed by atoms with E-state index in [1.807, 2.05) is 66.9 Å². The van der Waals surface area contributed by atoms with Gasteiger partial charge in [-0.15, -0.1) is 0 Å². The zero-order valence-corrected chi connectivity index (χ0v) is 28.1. The molecule has 48 heavy (non-hydrogen) atoms. The predicted octanol–water partition coefficient (Wildman–Crippen LogP) is 6.90. The van der Waals surface area contributed by atoms with Crippen LogP contribution in [0, 0.1) is 0 Å². The fourth-order valence-electron chi connectivity index (χ4n) is 6.01. The molecule has 8 nitrogen and oxygen atoms in total. The van der Waals surface area contributed by atoms with Crippen molar-refractivity contribution in [1.29, 1.82) is 0 Å². The van der Waals surface area contributed by atoms with E-state index in [1.54, 1.807) is 41.8 Å². The van der Waals surface area contributed by atoms with Gasteiger partial charge in [-0.3, -0.25) is 14.2 Å². The van der Waals surface area contributed by atoms with Crippen molar-refractivity contribution in [3.63, 3.8) is 0 Å². The van der Waals surface area contributed by atoms with Crippen molar-refractivity contribution >= 4 is 63.1 Å². The predicted molar refractivity (Wildman–Crippen MR) is 191 cm³/mol. The molecule has 0 bridgehead atoms. The van der Waals surface area contributed by atoms with E-state index in [-0.39, 0.29) is 17.1 Å². The molecule has 1 aliphatic heterocycles. The first-order chi connectivity index (χ1) is 23.2. The number of anilines is 1. The minimum absolute atomic E-state index is 0.0547. The zero-order valence-electron chi connectivity index (χ0n) is 25.8. The molecule has 11 heteroatoms. The molecule has 0 saturated heterocycles. The van der Waals surface area contributed by atoms with Crippen LogP contribution in [0.2, 0.25) is 10.0 Å². The fourth-order valence-corrected chi connectivity index (χ4v) is 7.51. The van der Waals surface area contributed by atoms with Gasteiger partial charge in [-0.1, -0.05) is 83.1 Å². The number of nitrogens with zero attached hydrogens (tertiary/aromatic N) is 3. The lowest BCUT2D eigenvalue weighted by Gasteiger charge is -2.25. The summed E-state index contributed by atoms with van der Waals surface area (Å²) in [6.45, 7) is 2.27. The lowest BCUT2D eigenvalue weighted by atomic mass is 9.94. The smallest absolute Gasteiger partial charge is 0.271 e. The van der Waals surface area contributed by atoms with Gasteiger partial charge < -0.3 is 19.7 Å². The average Bonchev–Trinajstić information content (AvgIpc) is 3.58. The van der Waals surface area contributed by atoms with Crippen LogP contribution in [0.15, 0.2) is 118 Å². The number of hydrogen-bond acceptors (Lipinski definition) is 6. The van der Waals surface area contributed by atoms with Crippen LogP contribution in [0.3, 0.4) is 0 Å². The first-order valence-electron chi connectivity index (χ1n) is 15.0. The van der Waals surface area contributed by atoms with Gasteiger partial charge in [-0.2, -0.15) is 0 Å². The van der Waals surface area contributed by atoms with Gasteiger partial charge in [0.1, 0.15) is 0 Å². The number of amides is 1. The second-order valence-corrected chi connectivity index (χ2v) is 13.2. The van der Waals surface area contributed by atoms with E-state index in [0.717, 1.165) is 22.0 Å². The molecule has 0 saturated carbocycles. The number of benzene rings is 4. The number of fused-ring (bicyclic) bond motifs is 2. The summed E-state index contributed by atoms with van der Waals surface area (Å²) >= 11 is 13.9. The van der Waals surface area contributed by atoms with Crippen molar-refractivity contribution in [2.75, 3.05) is 12.4 Å².